The van der Waals surface area contributed by atoms with Crippen molar-refractivity contribution < 1.29 is 14.3 Å². The molecule has 4 N–H and O–H groups in total. The largest absolute Gasteiger partial charge is 0.494 e. The van der Waals surface area contributed by atoms with Crippen molar-refractivity contribution in [3.63, 3.8) is 0 Å². The van der Waals surface area contributed by atoms with E-state index in [-0.39, 0.29) is 18.4 Å². The Morgan fingerprint density at radius 1 is 1.23 bits per heavy atom. The van der Waals surface area contributed by atoms with Crippen LogP contribution in [-0.4, -0.2) is 31.0 Å². The molecule has 22 heavy (non-hydrogen) atoms. The zero-order valence-corrected chi connectivity index (χ0v) is 13.4. The molecule has 0 aliphatic heterocycles. The number of hydrogen-bond donors (Lipinski definition) is 3. The zero-order valence-electron chi connectivity index (χ0n) is 13.4. The molecule has 0 bridgehead atoms. The first-order valence-electron chi connectivity index (χ1n) is 7.48. The molecule has 0 saturated heterocycles. The van der Waals surface area contributed by atoms with Crippen LogP contribution in [0.5, 0.6) is 5.75 Å². The summed E-state index contributed by atoms with van der Waals surface area (Å²) >= 11 is 0. The molecule has 6 heteroatoms. The highest BCUT2D eigenvalue weighted by molar-refractivity contribution is 5.95. The van der Waals surface area contributed by atoms with Crippen molar-refractivity contribution in [1.29, 1.82) is 0 Å². The maximum atomic E-state index is 11.8. The van der Waals surface area contributed by atoms with Gasteiger partial charge in [-0.25, -0.2) is 0 Å². The molecule has 6 nitrogen and oxygen atoms in total. The van der Waals surface area contributed by atoms with Crippen molar-refractivity contribution in [1.82, 2.24) is 5.32 Å². The molecule has 0 spiro atoms. The Hall–Kier alpha value is -2.08. The Morgan fingerprint density at radius 2 is 1.86 bits per heavy atom. The molecule has 0 saturated carbocycles. The summed E-state index contributed by atoms with van der Waals surface area (Å²) in [5.74, 6) is 0.469. The minimum absolute atomic E-state index is 0.0994. The molecule has 1 aromatic rings. The van der Waals surface area contributed by atoms with Crippen LogP contribution in [0.3, 0.4) is 0 Å². The van der Waals surface area contributed by atoms with Crippen LogP contribution < -0.4 is 21.1 Å². The summed E-state index contributed by atoms with van der Waals surface area (Å²) in [4.78, 5) is 23.5. The van der Waals surface area contributed by atoms with Gasteiger partial charge in [-0.1, -0.05) is 13.8 Å². The molecule has 0 fully saturated rings. The Morgan fingerprint density at radius 3 is 2.41 bits per heavy atom. The van der Waals surface area contributed by atoms with Gasteiger partial charge in [0.2, 0.25) is 11.8 Å². The van der Waals surface area contributed by atoms with E-state index in [0.717, 1.165) is 5.75 Å². The highest BCUT2D eigenvalue weighted by Gasteiger charge is 2.15. The van der Waals surface area contributed by atoms with E-state index >= 15 is 0 Å². The second-order valence-electron chi connectivity index (χ2n) is 5.46. The second-order valence-corrected chi connectivity index (χ2v) is 5.46. The Bertz CT molecular complexity index is 486. The molecule has 0 aromatic heterocycles. The first-order chi connectivity index (χ1) is 10.4. The highest BCUT2D eigenvalue weighted by atomic mass is 16.5. The smallest absolute Gasteiger partial charge is 0.243 e. The minimum atomic E-state index is -0.585. The second kappa shape index (κ2) is 9.04. The fourth-order valence-corrected chi connectivity index (χ4v) is 1.92. The van der Waals surface area contributed by atoms with Gasteiger partial charge >= 0.3 is 0 Å². The minimum Gasteiger partial charge on any atom is -0.494 e. The lowest BCUT2D eigenvalue weighted by Gasteiger charge is -2.14. The third kappa shape index (κ3) is 6.58. The van der Waals surface area contributed by atoms with E-state index in [0.29, 0.717) is 24.6 Å². The normalized spacial score (nSPS) is 11.9. The topological polar surface area (TPSA) is 93.5 Å². The van der Waals surface area contributed by atoms with Crippen LogP contribution in [0.2, 0.25) is 0 Å². The standard InChI is InChI=1S/C16H25N3O3/c1-4-22-13-7-5-12(6-8-13)19-15(20)10-18-16(21)14(17)9-11(2)3/h5-8,11,14H,4,9-10,17H2,1-3H3,(H,18,21)(H,19,20)/t14-/m0/s1. The Labute approximate surface area is 131 Å². The number of nitrogens with two attached hydrogens (primary N) is 1. The number of nitrogens with one attached hydrogen (secondary N) is 2. The van der Waals surface area contributed by atoms with Crippen LogP contribution in [0.25, 0.3) is 0 Å². The first-order valence-corrected chi connectivity index (χ1v) is 7.48. The maximum absolute atomic E-state index is 11.8. The van der Waals surface area contributed by atoms with Gasteiger partial charge < -0.3 is 21.1 Å². The van der Waals surface area contributed by atoms with Crippen molar-refractivity contribution >= 4 is 17.5 Å². The van der Waals surface area contributed by atoms with E-state index in [1.54, 1.807) is 24.3 Å². The number of hydrogen-bond acceptors (Lipinski definition) is 4. The lowest BCUT2D eigenvalue weighted by Crippen LogP contribution is -2.44. The number of benzene rings is 1. The van der Waals surface area contributed by atoms with Crippen molar-refractivity contribution in [3.8, 4) is 5.75 Å². The first kappa shape index (κ1) is 18.0. The van der Waals surface area contributed by atoms with Crippen molar-refractivity contribution in [2.75, 3.05) is 18.5 Å². The van der Waals surface area contributed by atoms with Gasteiger partial charge in [-0.2, -0.15) is 0 Å². The number of amides is 2. The van der Waals surface area contributed by atoms with E-state index in [4.69, 9.17) is 10.5 Å². The summed E-state index contributed by atoms with van der Waals surface area (Å²) in [6, 6.07) is 6.45. The third-order valence-electron chi connectivity index (χ3n) is 2.93. The van der Waals surface area contributed by atoms with Gasteiger partial charge in [-0.05, 0) is 43.5 Å². The predicted octanol–water partition coefficient (Wildman–Crippen LogP) is 1.51. The lowest BCUT2D eigenvalue weighted by atomic mass is 10.0. The third-order valence-corrected chi connectivity index (χ3v) is 2.93. The average Bonchev–Trinajstić information content (AvgIpc) is 2.46. The van der Waals surface area contributed by atoms with Gasteiger partial charge in [0.1, 0.15) is 5.75 Å². The van der Waals surface area contributed by atoms with Crippen LogP contribution >= 0.6 is 0 Å². The summed E-state index contributed by atoms with van der Waals surface area (Å²) in [6.45, 7) is 6.38. The summed E-state index contributed by atoms with van der Waals surface area (Å²) in [5.41, 5.74) is 6.39. The molecular weight excluding hydrogens is 282 g/mol. The van der Waals surface area contributed by atoms with Crippen LogP contribution in [0.4, 0.5) is 5.69 Å². The number of anilines is 1. The highest BCUT2D eigenvalue weighted by Crippen LogP contribution is 2.15. The molecule has 1 aromatic carbocycles. The number of carbonyl (C=O) groups is 2. The molecule has 2 amide bonds. The SMILES string of the molecule is CCOc1ccc(NC(=O)CNC(=O)[C@@H](N)CC(C)C)cc1. The van der Waals surface area contributed by atoms with Crippen LogP contribution in [0.15, 0.2) is 24.3 Å². The fraction of sp³-hybridized carbons (Fsp3) is 0.500. The van der Waals surface area contributed by atoms with Crippen molar-refractivity contribution in [2.24, 2.45) is 11.7 Å². The summed E-state index contributed by atoms with van der Waals surface area (Å²) in [5, 5.41) is 5.24. The molecule has 0 heterocycles. The monoisotopic (exact) mass is 307 g/mol. The van der Waals surface area contributed by atoms with Gasteiger partial charge in [0.25, 0.3) is 0 Å². The summed E-state index contributed by atoms with van der Waals surface area (Å²) in [7, 11) is 0. The molecule has 0 aliphatic carbocycles. The van der Waals surface area contributed by atoms with Crippen LogP contribution in [0, 0.1) is 5.92 Å². The fourth-order valence-electron chi connectivity index (χ4n) is 1.92. The zero-order chi connectivity index (χ0) is 16.5. The molecular formula is C16H25N3O3. The predicted molar refractivity (Wildman–Crippen MR) is 86.7 cm³/mol. The number of ether oxygens (including phenoxy) is 1. The Kier molecular flexibility index (Phi) is 7.39. The summed E-state index contributed by atoms with van der Waals surface area (Å²) in [6.07, 6.45) is 0.590. The molecule has 0 aliphatic rings. The average molecular weight is 307 g/mol. The summed E-state index contributed by atoms with van der Waals surface area (Å²) < 4.78 is 5.32. The van der Waals surface area contributed by atoms with E-state index in [9.17, 15) is 9.59 Å². The molecule has 1 rings (SSSR count). The van der Waals surface area contributed by atoms with Gasteiger partial charge in [0, 0.05) is 5.69 Å². The number of carbonyl (C=O) groups excluding carboxylic acids is 2. The van der Waals surface area contributed by atoms with Gasteiger partial charge in [0.05, 0.1) is 19.2 Å². The van der Waals surface area contributed by atoms with E-state index in [1.165, 1.54) is 0 Å². The maximum Gasteiger partial charge on any atom is 0.243 e. The van der Waals surface area contributed by atoms with Gasteiger partial charge in [0.15, 0.2) is 0 Å². The van der Waals surface area contributed by atoms with Gasteiger partial charge in [-0.3, -0.25) is 9.59 Å². The molecule has 122 valence electrons. The quantitative estimate of drug-likeness (QED) is 0.678. The number of rotatable bonds is 8. The molecule has 1 atom stereocenters. The Balaban J connectivity index is 2.38. The van der Waals surface area contributed by atoms with Crippen LogP contribution in [0.1, 0.15) is 27.2 Å². The van der Waals surface area contributed by atoms with E-state index in [2.05, 4.69) is 10.6 Å². The van der Waals surface area contributed by atoms with E-state index < -0.39 is 6.04 Å². The van der Waals surface area contributed by atoms with Crippen LogP contribution in [-0.2, 0) is 9.59 Å². The van der Waals surface area contributed by atoms with Gasteiger partial charge in [-0.15, -0.1) is 0 Å². The van der Waals surface area contributed by atoms with E-state index in [1.807, 2.05) is 20.8 Å². The molecule has 0 unspecified atom stereocenters. The van der Waals surface area contributed by atoms with Crippen molar-refractivity contribution in [2.45, 2.75) is 33.2 Å². The molecule has 0 radical (unpaired) electrons. The lowest BCUT2D eigenvalue weighted by molar-refractivity contribution is -0.125. The van der Waals surface area contributed by atoms with Crippen molar-refractivity contribution in [3.05, 3.63) is 24.3 Å².